The van der Waals surface area contributed by atoms with Crippen molar-refractivity contribution in [3.8, 4) is 5.75 Å². The highest BCUT2D eigenvalue weighted by Crippen LogP contribution is 2.27. The van der Waals surface area contributed by atoms with E-state index in [1.807, 2.05) is 46.8 Å². The standard InChI is InChI=1S/C31H39N3O5S/c1-21(2)32-31(36)25(6)33(19-26-9-8-10-28(18-26)39-7)30(35)20-34(27-14-13-23(4)24(5)17-27)40(37,38)29-15-11-22(3)12-16-29/h8-18,21,25H,19-20H2,1-7H3,(H,32,36)/t25-/m0/s1. The Balaban J connectivity index is 2.06. The van der Waals surface area contributed by atoms with Crippen LogP contribution in [0.1, 0.15) is 43.0 Å². The highest BCUT2D eigenvalue weighted by atomic mass is 32.2. The molecule has 3 aromatic rings. The van der Waals surface area contributed by atoms with Crippen molar-refractivity contribution in [1.82, 2.24) is 10.2 Å². The summed E-state index contributed by atoms with van der Waals surface area (Å²) in [6.07, 6.45) is 0. The fraction of sp³-hybridized carbons (Fsp3) is 0.355. The van der Waals surface area contributed by atoms with Crippen LogP contribution in [0.2, 0.25) is 0 Å². The number of nitrogens with one attached hydrogen (secondary N) is 1. The predicted octanol–water partition coefficient (Wildman–Crippen LogP) is 4.76. The van der Waals surface area contributed by atoms with E-state index in [1.165, 1.54) is 17.0 Å². The molecule has 0 aromatic heterocycles. The van der Waals surface area contributed by atoms with Gasteiger partial charge in [-0.1, -0.05) is 35.9 Å². The van der Waals surface area contributed by atoms with Crippen LogP contribution in [0.3, 0.4) is 0 Å². The average Bonchev–Trinajstić information content (AvgIpc) is 2.91. The quantitative estimate of drug-likeness (QED) is 0.362. The van der Waals surface area contributed by atoms with Gasteiger partial charge in [-0.25, -0.2) is 8.42 Å². The number of nitrogens with zero attached hydrogens (tertiary/aromatic N) is 2. The summed E-state index contributed by atoms with van der Waals surface area (Å²) < 4.78 is 34.4. The van der Waals surface area contributed by atoms with Gasteiger partial charge >= 0.3 is 0 Å². The first kappa shape index (κ1) is 30.7. The van der Waals surface area contributed by atoms with Crippen molar-refractivity contribution in [3.05, 3.63) is 89.0 Å². The SMILES string of the molecule is COc1cccc(CN(C(=O)CN(c2ccc(C)c(C)c2)S(=O)(=O)c2ccc(C)cc2)[C@@H](C)C(=O)NC(C)C)c1. The van der Waals surface area contributed by atoms with Crippen LogP contribution in [0.15, 0.2) is 71.6 Å². The number of amides is 2. The number of ether oxygens (including phenoxy) is 1. The van der Waals surface area contributed by atoms with Gasteiger partial charge in [-0.15, -0.1) is 0 Å². The Hall–Kier alpha value is -3.85. The van der Waals surface area contributed by atoms with Gasteiger partial charge in [0.15, 0.2) is 0 Å². The fourth-order valence-electron chi connectivity index (χ4n) is 4.20. The number of hydrogen-bond donors (Lipinski definition) is 1. The van der Waals surface area contributed by atoms with Crippen molar-refractivity contribution < 1.29 is 22.7 Å². The maximum atomic E-state index is 14.0. The molecule has 0 aliphatic carbocycles. The molecule has 0 aliphatic rings. The molecule has 0 saturated carbocycles. The minimum atomic E-state index is -4.11. The van der Waals surface area contributed by atoms with Crippen LogP contribution in [-0.4, -0.2) is 50.9 Å². The summed E-state index contributed by atoms with van der Waals surface area (Å²) in [6.45, 7) is 10.6. The Labute approximate surface area is 238 Å². The third-order valence-electron chi connectivity index (χ3n) is 6.75. The van der Waals surface area contributed by atoms with Crippen LogP contribution in [0.5, 0.6) is 5.75 Å². The molecule has 8 nitrogen and oxygen atoms in total. The van der Waals surface area contributed by atoms with E-state index in [-0.39, 0.29) is 23.4 Å². The van der Waals surface area contributed by atoms with Crippen LogP contribution in [-0.2, 0) is 26.2 Å². The summed E-state index contributed by atoms with van der Waals surface area (Å²) in [5, 5.41) is 2.86. The third kappa shape index (κ3) is 7.41. The molecular weight excluding hydrogens is 526 g/mol. The lowest BCUT2D eigenvalue weighted by Gasteiger charge is -2.32. The largest absolute Gasteiger partial charge is 0.497 e. The van der Waals surface area contributed by atoms with E-state index in [9.17, 15) is 18.0 Å². The topological polar surface area (TPSA) is 96.0 Å². The van der Waals surface area contributed by atoms with Crippen molar-refractivity contribution in [1.29, 1.82) is 0 Å². The molecule has 0 fully saturated rings. The first-order valence-corrected chi connectivity index (χ1v) is 14.7. The van der Waals surface area contributed by atoms with Gasteiger partial charge in [0, 0.05) is 12.6 Å². The van der Waals surface area contributed by atoms with Gasteiger partial charge in [-0.3, -0.25) is 13.9 Å². The molecule has 3 aromatic carbocycles. The molecule has 3 rings (SSSR count). The Morgan fingerprint density at radius 2 is 1.57 bits per heavy atom. The van der Waals surface area contributed by atoms with Crippen LogP contribution < -0.4 is 14.4 Å². The molecule has 9 heteroatoms. The van der Waals surface area contributed by atoms with Crippen molar-refractivity contribution >= 4 is 27.5 Å². The van der Waals surface area contributed by atoms with E-state index in [4.69, 9.17) is 4.74 Å². The zero-order chi connectivity index (χ0) is 29.6. The van der Waals surface area contributed by atoms with Crippen molar-refractivity contribution in [2.24, 2.45) is 0 Å². The molecule has 0 radical (unpaired) electrons. The number of carbonyl (C=O) groups is 2. The van der Waals surface area contributed by atoms with Crippen molar-refractivity contribution in [3.63, 3.8) is 0 Å². The van der Waals surface area contributed by atoms with E-state index in [2.05, 4.69) is 5.32 Å². The number of rotatable bonds is 11. The van der Waals surface area contributed by atoms with Crippen LogP contribution in [0, 0.1) is 20.8 Å². The normalized spacial score (nSPS) is 12.1. The van der Waals surface area contributed by atoms with E-state index in [0.29, 0.717) is 11.4 Å². The molecule has 0 unspecified atom stereocenters. The number of anilines is 1. The second-order valence-corrected chi connectivity index (χ2v) is 12.2. The molecule has 214 valence electrons. The smallest absolute Gasteiger partial charge is 0.264 e. The summed E-state index contributed by atoms with van der Waals surface area (Å²) >= 11 is 0. The Kier molecular flexibility index (Phi) is 9.98. The second kappa shape index (κ2) is 13.0. The maximum Gasteiger partial charge on any atom is 0.264 e. The predicted molar refractivity (Wildman–Crippen MR) is 158 cm³/mol. The van der Waals surface area contributed by atoms with Crippen molar-refractivity contribution in [2.45, 2.75) is 65.1 Å². The number of carbonyl (C=O) groups excluding carboxylic acids is 2. The molecule has 0 saturated heterocycles. The summed E-state index contributed by atoms with van der Waals surface area (Å²) in [4.78, 5) is 28.5. The van der Waals surface area contributed by atoms with Gasteiger partial charge in [0.2, 0.25) is 11.8 Å². The van der Waals surface area contributed by atoms with Gasteiger partial charge in [-0.2, -0.15) is 0 Å². The Morgan fingerprint density at radius 1 is 0.900 bits per heavy atom. The molecule has 40 heavy (non-hydrogen) atoms. The minimum Gasteiger partial charge on any atom is -0.497 e. The number of sulfonamides is 1. The van der Waals surface area contributed by atoms with Gasteiger partial charge in [-0.05, 0) is 94.6 Å². The maximum absolute atomic E-state index is 14.0. The van der Waals surface area contributed by atoms with E-state index in [0.717, 1.165) is 26.6 Å². The average molecular weight is 566 g/mol. The summed E-state index contributed by atoms with van der Waals surface area (Å²) in [5.74, 6) is -0.226. The van der Waals surface area contributed by atoms with Crippen molar-refractivity contribution in [2.75, 3.05) is 18.0 Å². The minimum absolute atomic E-state index is 0.0778. The number of hydrogen-bond acceptors (Lipinski definition) is 5. The molecule has 1 N–H and O–H groups in total. The first-order chi connectivity index (χ1) is 18.8. The Morgan fingerprint density at radius 3 is 2.17 bits per heavy atom. The van der Waals surface area contributed by atoms with Gasteiger partial charge in [0.05, 0.1) is 17.7 Å². The van der Waals surface area contributed by atoms with Gasteiger partial charge in [0.25, 0.3) is 10.0 Å². The molecule has 0 aliphatic heterocycles. The molecule has 0 spiro atoms. The fourth-order valence-corrected chi connectivity index (χ4v) is 5.61. The molecule has 1 atom stereocenters. The molecule has 0 heterocycles. The summed E-state index contributed by atoms with van der Waals surface area (Å²) in [7, 11) is -2.56. The highest BCUT2D eigenvalue weighted by Gasteiger charge is 2.32. The molecular formula is C31H39N3O5S. The summed E-state index contributed by atoms with van der Waals surface area (Å²) in [5.41, 5.74) is 3.93. The lowest BCUT2D eigenvalue weighted by atomic mass is 10.1. The van der Waals surface area contributed by atoms with Gasteiger partial charge < -0.3 is 15.0 Å². The number of benzene rings is 3. The first-order valence-electron chi connectivity index (χ1n) is 13.2. The van der Waals surface area contributed by atoms with Crippen LogP contribution >= 0.6 is 0 Å². The van der Waals surface area contributed by atoms with Gasteiger partial charge in [0.1, 0.15) is 18.3 Å². The zero-order valence-corrected chi connectivity index (χ0v) is 25.1. The zero-order valence-electron chi connectivity index (χ0n) is 24.3. The van der Waals surface area contributed by atoms with Crippen LogP contribution in [0.25, 0.3) is 0 Å². The number of aryl methyl sites for hydroxylation is 3. The van der Waals surface area contributed by atoms with E-state index in [1.54, 1.807) is 56.5 Å². The lowest BCUT2D eigenvalue weighted by molar-refractivity contribution is -0.139. The van der Waals surface area contributed by atoms with Crippen LogP contribution in [0.4, 0.5) is 5.69 Å². The summed E-state index contributed by atoms with van der Waals surface area (Å²) in [6, 6.07) is 18.0. The number of methoxy groups -OCH3 is 1. The Bertz CT molecular complexity index is 1450. The lowest BCUT2D eigenvalue weighted by Crippen LogP contribution is -2.52. The monoisotopic (exact) mass is 565 g/mol. The molecule has 2 amide bonds. The van der Waals surface area contributed by atoms with E-state index >= 15 is 0 Å². The second-order valence-electron chi connectivity index (χ2n) is 10.3. The van der Waals surface area contributed by atoms with E-state index < -0.39 is 28.5 Å². The highest BCUT2D eigenvalue weighted by molar-refractivity contribution is 7.92. The molecule has 0 bridgehead atoms. The third-order valence-corrected chi connectivity index (χ3v) is 8.54.